The average molecular weight is 311 g/mol. The van der Waals surface area contributed by atoms with Crippen molar-refractivity contribution in [3.8, 4) is 11.5 Å². The van der Waals surface area contributed by atoms with Crippen LogP contribution in [0.3, 0.4) is 0 Å². The monoisotopic (exact) mass is 310 g/mol. The van der Waals surface area contributed by atoms with Crippen molar-refractivity contribution in [2.75, 3.05) is 26.4 Å². The number of halogens is 1. The van der Waals surface area contributed by atoms with E-state index in [0.717, 1.165) is 49.5 Å². The molecule has 6 heteroatoms. The van der Waals surface area contributed by atoms with E-state index in [9.17, 15) is 4.79 Å². The van der Waals surface area contributed by atoms with E-state index in [0.29, 0.717) is 12.7 Å². The van der Waals surface area contributed by atoms with E-state index in [1.54, 1.807) is 0 Å². The first-order valence-corrected chi connectivity index (χ1v) is 7.23. The van der Waals surface area contributed by atoms with Crippen LogP contribution in [-0.4, -0.2) is 37.2 Å². The molecule has 1 amide bonds. The molecule has 1 aromatic carbocycles. The maximum Gasteiger partial charge on any atom is 0.231 e. The normalized spacial score (nSPS) is 23.6. The molecule has 1 atom stereocenters. The van der Waals surface area contributed by atoms with Gasteiger partial charge in [-0.15, -0.1) is 12.4 Å². The van der Waals surface area contributed by atoms with E-state index in [-0.39, 0.29) is 24.4 Å². The molecule has 5 nitrogen and oxygen atoms in total. The number of amides is 1. The summed E-state index contributed by atoms with van der Waals surface area (Å²) in [4.78, 5) is 14.5. The Kier molecular flexibility index (Phi) is 3.95. The highest BCUT2D eigenvalue weighted by Gasteiger charge is 2.36. The number of fused-ring (bicyclic) bond motifs is 1. The molecule has 0 spiro atoms. The van der Waals surface area contributed by atoms with Crippen molar-refractivity contribution >= 4 is 18.3 Å². The van der Waals surface area contributed by atoms with E-state index in [2.05, 4.69) is 11.4 Å². The summed E-state index contributed by atoms with van der Waals surface area (Å²) in [5.41, 5.74) is 1.16. The summed E-state index contributed by atoms with van der Waals surface area (Å²) in [5, 5.41) is 3.17. The number of hydrogen-bond acceptors (Lipinski definition) is 4. The van der Waals surface area contributed by atoms with E-state index >= 15 is 0 Å². The molecule has 1 N–H and O–H groups in total. The number of likely N-dealkylation sites (tertiary alicyclic amines) is 1. The molecular weight excluding hydrogens is 292 g/mol. The largest absolute Gasteiger partial charge is 0.454 e. The number of nitrogens with one attached hydrogen (secondary N) is 1. The van der Waals surface area contributed by atoms with Crippen molar-refractivity contribution in [1.82, 2.24) is 10.2 Å². The molecule has 0 bridgehead atoms. The third kappa shape index (κ3) is 2.45. The highest BCUT2D eigenvalue weighted by atomic mass is 35.5. The van der Waals surface area contributed by atoms with E-state index in [4.69, 9.17) is 9.47 Å². The minimum Gasteiger partial charge on any atom is -0.454 e. The number of hydrogen-bond donors (Lipinski definition) is 1. The summed E-state index contributed by atoms with van der Waals surface area (Å²) in [5.74, 6) is 2.06. The van der Waals surface area contributed by atoms with Crippen LogP contribution in [-0.2, 0) is 4.79 Å². The summed E-state index contributed by atoms with van der Waals surface area (Å²) >= 11 is 0. The van der Waals surface area contributed by atoms with Gasteiger partial charge in [0.25, 0.3) is 0 Å². The third-order valence-corrected chi connectivity index (χ3v) is 4.45. The lowest BCUT2D eigenvalue weighted by Gasteiger charge is -2.33. The molecule has 21 heavy (non-hydrogen) atoms. The van der Waals surface area contributed by atoms with Gasteiger partial charge in [0.05, 0.1) is 12.0 Å². The fourth-order valence-corrected chi connectivity index (χ4v) is 3.20. The van der Waals surface area contributed by atoms with Crippen LogP contribution in [0.4, 0.5) is 0 Å². The van der Waals surface area contributed by atoms with Gasteiger partial charge in [-0.25, -0.2) is 0 Å². The molecule has 4 rings (SSSR count). The summed E-state index contributed by atoms with van der Waals surface area (Å²) < 4.78 is 10.8. The highest BCUT2D eigenvalue weighted by molar-refractivity contribution is 5.85. The maximum atomic E-state index is 12.5. The lowest BCUT2D eigenvalue weighted by Crippen LogP contribution is -2.51. The summed E-state index contributed by atoms with van der Waals surface area (Å²) in [6.07, 6.45) is 2.11. The van der Waals surface area contributed by atoms with Crippen molar-refractivity contribution in [2.24, 2.45) is 5.92 Å². The van der Waals surface area contributed by atoms with Gasteiger partial charge in [0.15, 0.2) is 11.5 Å². The molecule has 3 aliphatic rings. The molecule has 1 unspecified atom stereocenters. The molecule has 0 radical (unpaired) electrons. The second kappa shape index (κ2) is 5.73. The Balaban J connectivity index is 0.00000132. The van der Waals surface area contributed by atoms with Crippen LogP contribution in [0.2, 0.25) is 0 Å². The number of nitrogens with zero attached hydrogens (tertiary/aromatic N) is 1. The Hall–Kier alpha value is -1.46. The van der Waals surface area contributed by atoms with Gasteiger partial charge in [0.1, 0.15) is 0 Å². The zero-order valence-corrected chi connectivity index (χ0v) is 12.5. The first-order chi connectivity index (χ1) is 9.83. The molecule has 0 aliphatic carbocycles. The standard InChI is InChI=1S/C15H18N2O3.ClH/c18-15(11-7-16-8-11)17-5-1-2-12(17)10-3-4-13-14(6-10)20-9-19-13;/h3-4,6,11-12,16H,1-2,5,7-9H2;1H. The van der Waals surface area contributed by atoms with Gasteiger partial charge >= 0.3 is 0 Å². The zero-order chi connectivity index (χ0) is 13.5. The van der Waals surface area contributed by atoms with Crippen LogP contribution < -0.4 is 14.8 Å². The van der Waals surface area contributed by atoms with Crippen LogP contribution >= 0.6 is 12.4 Å². The van der Waals surface area contributed by atoms with E-state index in [1.807, 2.05) is 17.0 Å². The van der Waals surface area contributed by atoms with Crippen molar-refractivity contribution in [1.29, 1.82) is 0 Å². The fraction of sp³-hybridized carbons (Fsp3) is 0.533. The Morgan fingerprint density at radius 1 is 1.24 bits per heavy atom. The number of carbonyl (C=O) groups is 1. The molecule has 3 heterocycles. The Bertz CT molecular complexity index is 548. The highest BCUT2D eigenvalue weighted by Crippen LogP contribution is 2.39. The molecule has 3 aliphatic heterocycles. The Morgan fingerprint density at radius 2 is 2.05 bits per heavy atom. The average Bonchev–Trinajstić information content (AvgIpc) is 3.04. The third-order valence-electron chi connectivity index (χ3n) is 4.45. The van der Waals surface area contributed by atoms with Gasteiger partial charge in [0.2, 0.25) is 12.7 Å². The van der Waals surface area contributed by atoms with Crippen molar-refractivity contribution in [2.45, 2.75) is 18.9 Å². The number of rotatable bonds is 2. The minimum atomic E-state index is 0. The van der Waals surface area contributed by atoms with Gasteiger partial charge in [-0.2, -0.15) is 0 Å². The smallest absolute Gasteiger partial charge is 0.231 e. The summed E-state index contributed by atoms with van der Waals surface area (Å²) in [6, 6.07) is 6.22. The second-order valence-corrected chi connectivity index (χ2v) is 5.66. The van der Waals surface area contributed by atoms with E-state index < -0.39 is 0 Å². The van der Waals surface area contributed by atoms with Crippen LogP contribution in [0.5, 0.6) is 11.5 Å². The van der Waals surface area contributed by atoms with Crippen LogP contribution in [0, 0.1) is 5.92 Å². The molecule has 0 saturated carbocycles. The minimum absolute atomic E-state index is 0. The quantitative estimate of drug-likeness (QED) is 0.904. The topological polar surface area (TPSA) is 50.8 Å². The first kappa shape index (κ1) is 14.5. The number of ether oxygens (including phenoxy) is 2. The molecule has 2 saturated heterocycles. The molecule has 2 fully saturated rings. The van der Waals surface area contributed by atoms with Crippen molar-refractivity contribution in [3.63, 3.8) is 0 Å². The predicted molar refractivity (Wildman–Crippen MR) is 79.9 cm³/mol. The van der Waals surface area contributed by atoms with Gasteiger partial charge < -0.3 is 19.7 Å². The maximum absolute atomic E-state index is 12.5. The van der Waals surface area contributed by atoms with Gasteiger partial charge in [0, 0.05) is 19.6 Å². The summed E-state index contributed by atoms with van der Waals surface area (Å²) in [6.45, 7) is 2.81. The Labute approximate surface area is 130 Å². The predicted octanol–water partition coefficient (Wildman–Crippen LogP) is 1.72. The SMILES string of the molecule is Cl.O=C(C1CNC1)N1CCCC1c1ccc2c(c1)OCO2. The van der Waals surface area contributed by atoms with Crippen molar-refractivity contribution in [3.05, 3.63) is 23.8 Å². The lowest BCUT2D eigenvalue weighted by molar-refractivity contribution is -0.138. The van der Waals surface area contributed by atoms with E-state index in [1.165, 1.54) is 0 Å². The fourth-order valence-electron chi connectivity index (χ4n) is 3.20. The molecule has 0 aromatic heterocycles. The summed E-state index contributed by atoms with van der Waals surface area (Å²) in [7, 11) is 0. The van der Waals surface area contributed by atoms with Crippen LogP contribution in [0.25, 0.3) is 0 Å². The van der Waals surface area contributed by atoms with Crippen LogP contribution in [0.15, 0.2) is 18.2 Å². The van der Waals surface area contributed by atoms with Gasteiger partial charge in [-0.3, -0.25) is 4.79 Å². The lowest BCUT2D eigenvalue weighted by atomic mass is 9.99. The van der Waals surface area contributed by atoms with Gasteiger partial charge in [-0.05, 0) is 30.5 Å². The Morgan fingerprint density at radius 3 is 2.81 bits per heavy atom. The molecule has 114 valence electrons. The molecular formula is C15H19ClN2O3. The number of carbonyl (C=O) groups excluding carboxylic acids is 1. The van der Waals surface area contributed by atoms with Crippen molar-refractivity contribution < 1.29 is 14.3 Å². The molecule has 1 aromatic rings. The van der Waals surface area contributed by atoms with Gasteiger partial charge in [-0.1, -0.05) is 6.07 Å². The zero-order valence-electron chi connectivity index (χ0n) is 11.7. The second-order valence-electron chi connectivity index (χ2n) is 5.66. The number of benzene rings is 1. The van der Waals surface area contributed by atoms with Crippen LogP contribution in [0.1, 0.15) is 24.4 Å². The first-order valence-electron chi connectivity index (χ1n) is 7.23.